The highest BCUT2D eigenvalue weighted by molar-refractivity contribution is 6.58. The number of fused-ring (bicyclic) bond motifs is 9. The second kappa shape index (κ2) is 7.54. The molecule has 1 aliphatic rings. The predicted molar refractivity (Wildman–Crippen MR) is 152 cm³/mol. The van der Waals surface area contributed by atoms with E-state index in [0.29, 0.717) is 5.46 Å². The van der Waals surface area contributed by atoms with Crippen LogP contribution >= 0.6 is 0 Å². The molecule has 6 aromatic carbocycles. The van der Waals surface area contributed by atoms with Crippen LogP contribution in [0, 0.1) is 0 Å². The van der Waals surface area contributed by atoms with Gasteiger partial charge in [0.1, 0.15) is 0 Å². The van der Waals surface area contributed by atoms with Crippen molar-refractivity contribution in [1.29, 1.82) is 0 Å². The van der Waals surface area contributed by atoms with Crippen molar-refractivity contribution in [2.75, 3.05) is 0 Å². The molecule has 0 fully saturated rings. The predicted octanol–water partition coefficient (Wildman–Crippen LogP) is 6.80. The third-order valence-electron chi connectivity index (χ3n) is 8.08. The monoisotopic (exact) mass is 464 g/mol. The zero-order valence-electron chi connectivity index (χ0n) is 20.3. The third-order valence-corrected chi connectivity index (χ3v) is 8.08. The number of hydrogen-bond donors (Lipinski definition) is 2. The first-order chi connectivity index (χ1) is 17.4. The summed E-state index contributed by atoms with van der Waals surface area (Å²) in [6.07, 6.45) is 0. The van der Waals surface area contributed by atoms with Crippen LogP contribution in [-0.4, -0.2) is 17.2 Å². The minimum atomic E-state index is -1.46. The maximum Gasteiger partial charge on any atom is 0.488 e. The van der Waals surface area contributed by atoms with E-state index in [4.69, 9.17) is 0 Å². The fourth-order valence-electron chi connectivity index (χ4n) is 6.18. The summed E-state index contributed by atoms with van der Waals surface area (Å²) in [5.74, 6) is 0. The lowest BCUT2D eigenvalue weighted by molar-refractivity contribution is 0.425. The molecule has 2 N–H and O–H groups in total. The molecule has 0 bridgehead atoms. The Bertz CT molecular complexity index is 1810. The van der Waals surface area contributed by atoms with Gasteiger partial charge in [0.25, 0.3) is 0 Å². The first kappa shape index (κ1) is 21.4. The molecule has 2 nitrogen and oxygen atoms in total. The minimum absolute atomic E-state index is 0.231. The minimum Gasteiger partial charge on any atom is -0.423 e. The lowest BCUT2D eigenvalue weighted by Crippen LogP contribution is -2.31. The molecule has 0 saturated heterocycles. The van der Waals surface area contributed by atoms with E-state index in [0.717, 1.165) is 5.56 Å². The highest BCUT2D eigenvalue weighted by Crippen LogP contribution is 2.49. The Morgan fingerprint density at radius 1 is 0.500 bits per heavy atom. The number of hydrogen-bond acceptors (Lipinski definition) is 2. The van der Waals surface area contributed by atoms with Gasteiger partial charge in [0.15, 0.2) is 0 Å². The molecule has 3 heteroatoms. The summed E-state index contributed by atoms with van der Waals surface area (Å²) in [5.41, 5.74) is 7.48. The normalized spacial score (nSPS) is 13.8. The Hall–Kier alpha value is -3.92. The molecule has 0 radical (unpaired) electrons. The second-order valence-electron chi connectivity index (χ2n) is 10.4. The average molecular weight is 464 g/mol. The molecule has 7 rings (SSSR count). The molecule has 0 amide bonds. The van der Waals surface area contributed by atoms with E-state index in [1.165, 1.54) is 60.1 Å². The zero-order chi connectivity index (χ0) is 24.6. The molecule has 0 aromatic heterocycles. The molecule has 1 aliphatic carbocycles. The van der Waals surface area contributed by atoms with E-state index >= 15 is 0 Å². The molecule has 0 aliphatic heterocycles. The van der Waals surface area contributed by atoms with Gasteiger partial charge in [0.05, 0.1) is 0 Å². The van der Waals surface area contributed by atoms with Crippen LogP contribution in [-0.2, 0) is 5.41 Å². The van der Waals surface area contributed by atoms with Gasteiger partial charge in [-0.3, -0.25) is 0 Å². The van der Waals surface area contributed by atoms with Crippen LogP contribution in [0.1, 0.15) is 25.0 Å². The standard InChI is InChI=1S/C33H25BO2/c1-33(2)31-18-21(12-15-28(31)29-16-13-22(34(35)36)19-32(29)33)20-11-14-27-25-9-4-3-7-23(25)24-8-5-6-10-26(24)30(27)17-20/h3-19,35-36H,1-2H3. The fraction of sp³-hybridized carbons (Fsp3) is 0.0909. The molecule has 36 heavy (non-hydrogen) atoms. The molecule has 0 saturated carbocycles. The highest BCUT2D eigenvalue weighted by Gasteiger charge is 2.36. The van der Waals surface area contributed by atoms with E-state index in [2.05, 4.69) is 98.8 Å². The Balaban J connectivity index is 1.43. The molecule has 0 heterocycles. The molecule has 0 unspecified atom stereocenters. The SMILES string of the molecule is CC1(C)c2cc(B(O)O)ccc2-c2ccc(-c3ccc4c5ccccc5c5ccccc5c4c3)cc21. The molecular weight excluding hydrogens is 439 g/mol. The van der Waals surface area contributed by atoms with Gasteiger partial charge in [0, 0.05) is 5.41 Å². The van der Waals surface area contributed by atoms with Crippen molar-refractivity contribution in [3.8, 4) is 22.3 Å². The molecule has 172 valence electrons. The first-order valence-electron chi connectivity index (χ1n) is 12.4. The van der Waals surface area contributed by atoms with E-state index in [1.807, 2.05) is 12.1 Å². The van der Waals surface area contributed by atoms with Gasteiger partial charge in [-0.2, -0.15) is 0 Å². The molecular formula is C33H25BO2. The van der Waals surface area contributed by atoms with Crippen LogP contribution in [0.25, 0.3) is 54.6 Å². The van der Waals surface area contributed by atoms with Gasteiger partial charge in [-0.05, 0) is 83.3 Å². The molecule has 0 atom stereocenters. The molecule has 6 aromatic rings. The maximum absolute atomic E-state index is 9.72. The Kier molecular flexibility index (Phi) is 4.48. The van der Waals surface area contributed by atoms with Crippen molar-refractivity contribution < 1.29 is 10.0 Å². The summed E-state index contributed by atoms with van der Waals surface area (Å²) in [4.78, 5) is 0. The summed E-state index contributed by atoms with van der Waals surface area (Å²) >= 11 is 0. The van der Waals surface area contributed by atoms with Gasteiger partial charge in [-0.15, -0.1) is 0 Å². The number of benzene rings is 6. The zero-order valence-corrected chi connectivity index (χ0v) is 20.3. The van der Waals surface area contributed by atoms with Crippen molar-refractivity contribution in [3.05, 3.63) is 114 Å². The van der Waals surface area contributed by atoms with Crippen LogP contribution in [0.3, 0.4) is 0 Å². The van der Waals surface area contributed by atoms with Crippen LogP contribution in [0.4, 0.5) is 0 Å². The summed E-state index contributed by atoms with van der Waals surface area (Å²) in [7, 11) is -1.46. The van der Waals surface area contributed by atoms with Crippen LogP contribution in [0.2, 0.25) is 0 Å². The summed E-state index contributed by atoms with van der Waals surface area (Å²) in [6.45, 7) is 4.43. The van der Waals surface area contributed by atoms with Crippen LogP contribution in [0.15, 0.2) is 103 Å². The smallest absolute Gasteiger partial charge is 0.423 e. The Labute approximate surface area is 210 Å². The summed E-state index contributed by atoms with van der Waals surface area (Å²) in [6, 6.07) is 36.7. The third kappa shape index (κ3) is 2.94. The van der Waals surface area contributed by atoms with Crippen molar-refractivity contribution in [2.45, 2.75) is 19.3 Å². The quantitative estimate of drug-likeness (QED) is 0.219. The van der Waals surface area contributed by atoms with Crippen molar-refractivity contribution in [1.82, 2.24) is 0 Å². The van der Waals surface area contributed by atoms with Crippen molar-refractivity contribution in [3.63, 3.8) is 0 Å². The van der Waals surface area contributed by atoms with E-state index in [9.17, 15) is 10.0 Å². The Morgan fingerprint density at radius 2 is 0.972 bits per heavy atom. The van der Waals surface area contributed by atoms with Gasteiger partial charge < -0.3 is 10.0 Å². The van der Waals surface area contributed by atoms with E-state index in [-0.39, 0.29) is 5.41 Å². The lowest BCUT2D eigenvalue weighted by Gasteiger charge is -2.22. The van der Waals surface area contributed by atoms with Crippen LogP contribution in [0.5, 0.6) is 0 Å². The fourth-order valence-corrected chi connectivity index (χ4v) is 6.18. The Morgan fingerprint density at radius 3 is 1.58 bits per heavy atom. The maximum atomic E-state index is 9.72. The van der Waals surface area contributed by atoms with Gasteiger partial charge >= 0.3 is 7.12 Å². The van der Waals surface area contributed by atoms with Gasteiger partial charge in [-0.25, -0.2) is 0 Å². The summed E-state index contributed by atoms with van der Waals surface area (Å²) in [5, 5.41) is 27.1. The van der Waals surface area contributed by atoms with Gasteiger partial charge in [0.2, 0.25) is 0 Å². The van der Waals surface area contributed by atoms with Crippen molar-refractivity contribution in [2.24, 2.45) is 0 Å². The lowest BCUT2D eigenvalue weighted by atomic mass is 9.75. The van der Waals surface area contributed by atoms with Crippen LogP contribution < -0.4 is 5.46 Å². The van der Waals surface area contributed by atoms with E-state index in [1.54, 1.807) is 6.07 Å². The second-order valence-corrected chi connectivity index (χ2v) is 10.4. The number of rotatable bonds is 2. The topological polar surface area (TPSA) is 40.5 Å². The largest absolute Gasteiger partial charge is 0.488 e. The van der Waals surface area contributed by atoms with Gasteiger partial charge in [-0.1, -0.05) is 105 Å². The van der Waals surface area contributed by atoms with Crippen molar-refractivity contribution >= 4 is 44.9 Å². The van der Waals surface area contributed by atoms with E-state index < -0.39 is 7.12 Å². The first-order valence-corrected chi connectivity index (χ1v) is 12.4. The molecule has 0 spiro atoms. The average Bonchev–Trinajstić information content (AvgIpc) is 3.14. The highest BCUT2D eigenvalue weighted by atomic mass is 16.4. The summed E-state index contributed by atoms with van der Waals surface area (Å²) < 4.78 is 0.